The number of benzene rings is 1. The second-order valence-electron chi connectivity index (χ2n) is 6.22. The maximum absolute atomic E-state index is 12.6. The molecule has 6 nitrogen and oxygen atoms in total. The highest BCUT2D eigenvalue weighted by Gasteiger charge is 2.28. The van der Waals surface area contributed by atoms with Crippen molar-refractivity contribution in [3.63, 3.8) is 0 Å². The van der Waals surface area contributed by atoms with Crippen molar-refractivity contribution in [2.45, 2.75) is 18.9 Å². The minimum atomic E-state index is -1.15. The van der Waals surface area contributed by atoms with Gasteiger partial charge in [0, 0.05) is 24.8 Å². The van der Waals surface area contributed by atoms with Crippen LogP contribution in [0, 0.1) is 5.92 Å². The Hall–Kier alpha value is -2.73. The Labute approximate surface area is 145 Å². The Balaban J connectivity index is 1.63. The van der Waals surface area contributed by atoms with Gasteiger partial charge in [-0.25, -0.2) is 9.78 Å². The summed E-state index contributed by atoms with van der Waals surface area (Å²) in [6, 6.07) is 12.4. The van der Waals surface area contributed by atoms with E-state index in [1.165, 1.54) is 18.3 Å². The van der Waals surface area contributed by atoms with Crippen molar-refractivity contribution in [3.8, 4) is 0 Å². The lowest BCUT2D eigenvalue weighted by Gasteiger charge is -2.34. The summed E-state index contributed by atoms with van der Waals surface area (Å²) < 4.78 is 0. The number of aliphatic hydroxyl groups is 1. The van der Waals surface area contributed by atoms with Crippen LogP contribution in [-0.2, 0) is 0 Å². The van der Waals surface area contributed by atoms with Crippen LogP contribution in [0.1, 0.15) is 45.4 Å². The molecule has 1 aromatic carbocycles. The summed E-state index contributed by atoms with van der Waals surface area (Å²) in [5.74, 6) is -1.24. The minimum absolute atomic E-state index is 0.110. The molecule has 0 spiro atoms. The van der Waals surface area contributed by atoms with Crippen molar-refractivity contribution in [2.75, 3.05) is 13.1 Å². The number of nitrogens with zero attached hydrogens (tertiary/aromatic N) is 2. The molecule has 0 aliphatic carbocycles. The van der Waals surface area contributed by atoms with Gasteiger partial charge < -0.3 is 15.1 Å². The molecule has 1 fully saturated rings. The van der Waals surface area contributed by atoms with Gasteiger partial charge in [0.05, 0.1) is 6.10 Å². The van der Waals surface area contributed by atoms with Crippen LogP contribution in [0.25, 0.3) is 0 Å². The molecular weight excluding hydrogens is 320 g/mol. The Morgan fingerprint density at radius 1 is 1.12 bits per heavy atom. The summed E-state index contributed by atoms with van der Waals surface area (Å²) in [6.07, 6.45) is 2.22. The first-order chi connectivity index (χ1) is 12.1. The molecule has 1 amide bonds. The molecule has 2 heterocycles. The highest BCUT2D eigenvalue weighted by atomic mass is 16.4. The maximum atomic E-state index is 12.6. The lowest BCUT2D eigenvalue weighted by atomic mass is 9.87. The number of pyridine rings is 1. The summed E-state index contributed by atoms with van der Waals surface area (Å²) >= 11 is 0. The van der Waals surface area contributed by atoms with Crippen LogP contribution >= 0.6 is 0 Å². The summed E-state index contributed by atoms with van der Waals surface area (Å²) in [7, 11) is 0. The van der Waals surface area contributed by atoms with E-state index in [2.05, 4.69) is 4.98 Å². The first-order valence-electron chi connectivity index (χ1n) is 8.28. The van der Waals surface area contributed by atoms with Crippen LogP contribution in [0.3, 0.4) is 0 Å². The second kappa shape index (κ2) is 7.44. The SMILES string of the molecule is O=C(O)c1cc(C(=O)N2CCC(C(O)c3ccccc3)CC2)ccn1. The van der Waals surface area contributed by atoms with E-state index in [4.69, 9.17) is 5.11 Å². The number of hydrogen-bond donors (Lipinski definition) is 2. The van der Waals surface area contributed by atoms with Gasteiger partial charge in [-0.1, -0.05) is 30.3 Å². The van der Waals surface area contributed by atoms with Gasteiger partial charge in [-0.05, 0) is 36.5 Å². The Morgan fingerprint density at radius 2 is 1.80 bits per heavy atom. The molecule has 2 aromatic rings. The third kappa shape index (κ3) is 3.85. The number of amides is 1. The zero-order valence-corrected chi connectivity index (χ0v) is 13.7. The van der Waals surface area contributed by atoms with E-state index in [0.29, 0.717) is 31.5 Å². The topological polar surface area (TPSA) is 90.7 Å². The van der Waals surface area contributed by atoms with Gasteiger partial charge in [0.2, 0.25) is 0 Å². The van der Waals surface area contributed by atoms with E-state index in [1.54, 1.807) is 4.90 Å². The molecule has 0 saturated carbocycles. The Kier molecular flexibility index (Phi) is 5.09. The molecule has 1 saturated heterocycles. The molecule has 1 aliphatic heterocycles. The summed E-state index contributed by atoms with van der Waals surface area (Å²) in [6.45, 7) is 1.08. The van der Waals surface area contributed by atoms with E-state index < -0.39 is 12.1 Å². The van der Waals surface area contributed by atoms with Gasteiger partial charge in [0.1, 0.15) is 5.69 Å². The van der Waals surface area contributed by atoms with Crippen LogP contribution in [0.5, 0.6) is 0 Å². The van der Waals surface area contributed by atoms with E-state index >= 15 is 0 Å². The Morgan fingerprint density at radius 3 is 2.44 bits per heavy atom. The molecule has 6 heteroatoms. The molecule has 0 radical (unpaired) electrons. The summed E-state index contributed by atoms with van der Waals surface area (Å²) in [5.41, 5.74) is 1.09. The highest BCUT2D eigenvalue weighted by Crippen LogP contribution is 2.31. The van der Waals surface area contributed by atoms with Crippen LogP contribution in [-0.4, -0.2) is 45.1 Å². The van der Waals surface area contributed by atoms with Crippen LogP contribution in [0.2, 0.25) is 0 Å². The van der Waals surface area contributed by atoms with Crippen LogP contribution in [0.4, 0.5) is 0 Å². The normalized spacial score (nSPS) is 16.4. The van der Waals surface area contributed by atoms with Crippen molar-refractivity contribution in [3.05, 3.63) is 65.5 Å². The minimum Gasteiger partial charge on any atom is -0.477 e. The number of likely N-dealkylation sites (tertiary alicyclic amines) is 1. The fourth-order valence-electron chi connectivity index (χ4n) is 3.20. The average molecular weight is 340 g/mol. The van der Waals surface area contributed by atoms with Crippen molar-refractivity contribution in [1.29, 1.82) is 0 Å². The van der Waals surface area contributed by atoms with Crippen molar-refractivity contribution in [2.24, 2.45) is 5.92 Å². The fraction of sp³-hybridized carbons (Fsp3) is 0.316. The molecule has 1 unspecified atom stereocenters. The highest BCUT2D eigenvalue weighted by molar-refractivity contribution is 5.96. The monoisotopic (exact) mass is 340 g/mol. The zero-order chi connectivity index (χ0) is 17.8. The number of aromatic nitrogens is 1. The lowest BCUT2D eigenvalue weighted by molar-refractivity contribution is 0.0462. The predicted molar refractivity (Wildman–Crippen MR) is 91.2 cm³/mol. The third-order valence-corrected chi connectivity index (χ3v) is 4.64. The number of piperidine rings is 1. The van der Waals surface area contributed by atoms with Crippen molar-refractivity contribution < 1.29 is 19.8 Å². The first-order valence-corrected chi connectivity index (χ1v) is 8.28. The van der Waals surface area contributed by atoms with Gasteiger partial charge in [0.15, 0.2) is 0 Å². The quantitative estimate of drug-likeness (QED) is 0.892. The number of aliphatic hydroxyl groups excluding tert-OH is 1. The molecule has 1 aliphatic rings. The number of carboxylic acids is 1. The first kappa shape index (κ1) is 17.1. The van der Waals surface area contributed by atoms with E-state index in [1.807, 2.05) is 30.3 Å². The van der Waals surface area contributed by atoms with E-state index in [0.717, 1.165) is 5.56 Å². The van der Waals surface area contributed by atoms with Crippen molar-refractivity contribution in [1.82, 2.24) is 9.88 Å². The molecule has 3 rings (SSSR count). The number of aromatic carboxylic acids is 1. The molecule has 130 valence electrons. The van der Waals surface area contributed by atoms with E-state index in [-0.39, 0.29) is 17.5 Å². The number of carbonyl (C=O) groups excluding carboxylic acids is 1. The third-order valence-electron chi connectivity index (χ3n) is 4.64. The molecule has 0 bridgehead atoms. The molecule has 25 heavy (non-hydrogen) atoms. The largest absolute Gasteiger partial charge is 0.477 e. The number of hydrogen-bond acceptors (Lipinski definition) is 4. The summed E-state index contributed by atoms with van der Waals surface area (Å²) in [4.78, 5) is 29.0. The standard InChI is InChI=1S/C19H20N2O4/c22-17(13-4-2-1-3-5-13)14-7-10-21(11-8-14)18(23)15-6-9-20-16(12-15)19(24)25/h1-6,9,12,14,17,22H,7-8,10-11H2,(H,24,25). The van der Waals surface area contributed by atoms with Gasteiger partial charge >= 0.3 is 5.97 Å². The number of carboxylic acid groups (broad SMARTS) is 1. The predicted octanol–water partition coefficient (Wildman–Crippen LogP) is 2.37. The van der Waals surface area contributed by atoms with Gasteiger partial charge in [-0.15, -0.1) is 0 Å². The smallest absolute Gasteiger partial charge is 0.354 e. The molecule has 1 atom stereocenters. The lowest BCUT2D eigenvalue weighted by Crippen LogP contribution is -2.39. The van der Waals surface area contributed by atoms with Gasteiger partial charge in [0.25, 0.3) is 5.91 Å². The van der Waals surface area contributed by atoms with Gasteiger partial charge in [-0.2, -0.15) is 0 Å². The molecule has 2 N–H and O–H groups in total. The average Bonchev–Trinajstić information content (AvgIpc) is 2.67. The molecule has 1 aromatic heterocycles. The summed E-state index contributed by atoms with van der Waals surface area (Å²) in [5, 5.41) is 19.5. The molecular formula is C19H20N2O4. The second-order valence-corrected chi connectivity index (χ2v) is 6.22. The zero-order valence-electron chi connectivity index (χ0n) is 13.7. The number of carbonyl (C=O) groups is 2. The van der Waals surface area contributed by atoms with Crippen LogP contribution in [0.15, 0.2) is 48.7 Å². The number of rotatable bonds is 4. The van der Waals surface area contributed by atoms with Crippen LogP contribution < -0.4 is 0 Å². The maximum Gasteiger partial charge on any atom is 0.354 e. The van der Waals surface area contributed by atoms with Crippen molar-refractivity contribution >= 4 is 11.9 Å². The van der Waals surface area contributed by atoms with E-state index in [9.17, 15) is 14.7 Å². The van der Waals surface area contributed by atoms with Gasteiger partial charge in [-0.3, -0.25) is 4.79 Å². The fourth-order valence-corrected chi connectivity index (χ4v) is 3.20. The Bertz CT molecular complexity index is 755.